The number of ether oxygens (including phenoxy) is 3. The van der Waals surface area contributed by atoms with Gasteiger partial charge in [0.05, 0.1) is 5.92 Å². The largest absolute Gasteiger partial charge is 0.489 e. The van der Waals surface area contributed by atoms with Gasteiger partial charge < -0.3 is 24.4 Å². The van der Waals surface area contributed by atoms with E-state index >= 15 is 0 Å². The number of nitrogens with zero attached hydrogens (tertiary/aromatic N) is 1. The maximum Gasteiger partial charge on any atom is 0.379 e. The molecule has 6 rings (SSSR count). The lowest BCUT2D eigenvalue weighted by Crippen LogP contribution is -2.21. The first-order chi connectivity index (χ1) is 20.7. The summed E-state index contributed by atoms with van der Waals surface area (Å²) in [5.74, 6) is 0.321. The highest BCUT2D eigenvalue weighted by Gasteiger charge is 2.31. The molecule has 0 fully saturated rings. The number of hydrogen-bond donors (Lipinski definition) is 1. The van der Waals surface area contributed by atoms with Gasteiger partial charge in [-0.05, 0) is 61.7 Å². The number of esters is 1. The number of halogens is 1. The maximum absolute atomic E-state index is 13.2. The highest BCUT2D eigenvalue weighted by Crippen LogP contribution is 2.44. The van der Waals surface area contributed by atoms with Gasteiger partial charge in [0.2, 0.25) is 11.6 Å². The summed E-state index contributed by atoms with van der Waals surface area (Å²) in [6.45, 7) is 6.11. The number of carbonyl (C=O) groups excluding carboxylic acids is 1. The van der Waals surface area contributed by atoms with Crippen molar-refractivity contribution in [2.45, 2.75) is 33.3 Å². The van der Waals surface area contributed by atoms with Gasteiger partial charge in [0.25, 0.3) is 0 Å². The first-order valence-corrected chi connectivity index (χ1v) is 14.0. The van der Waals surface area contributed by atoms with Crippen LogP contribution in [0, 0.1) is 32.1 Å². The number of benzene rings is 4. The lowest BCUT2D eigenvalue weighted by Gasteiger charge is -2.26. The minimum absolute atomic E-state index is 0.0125. The normalized spacial score (nSPS) is 14.2. The van der Waals surface area contributed by atoms with Crippen LogP contribution in [0.15, 0.2) is 94.7 Å². The molecule has 1 aliphatic rings. The SMILES string of the molecule is Cc1ccc2c(C)c(C(=O)Oc3ccc4c(c3)OC(N)=C(C#N)C4c3ccc(OCc4ccccc4Cl)cc3)oc2c1C. The molecule has 0 bridgehead atoms. The number of hydrogen-bond acceptors (Lipinski definition) is 7. The number of allylic oxidation sites excluding steroid dienone is 1. The molecule has 0 spiro atoms. The third-order valence-corrected chi connectivity index (χ3v) is 8.15. The predicted octanol–water partition coefficient (Wildman–Crippen LogP) is 8.03. The third-order valence-electron chi connectivity index (χ3n) is 7.78. The Bertz CT molecular complexity index is 1970. The third kappa shape index (κ3) is 5.18. The van der Waals surface area contributed by atoms with Crippen LogP contribution in [0.5, 0.6) is 17.2 Å². The number of furan rings is 1. The fourth-order valence-corrected chi connectivity index (χ4v) is 5.43. The zero-order valence-corrected chi connectivity index (χ0v) is 24.5. The van der Waals surface area contributed by atoms with Crippen LogP contribution in [0.3, 0.4) is 0 Å². The number of fused-ring (bicyclic) bond motifs is 2. The topological polar surface area (TPSA) is 108 Å². The first kappa shape index (κ1) is 28.0. The molecule has 0 saturated heterocycles. The zero-order valence-electron chi connectivity index (χ0n) is 23.7. The number of nitrogens with two attached hydrogens (primary N) is 1. The molecule has 43 heavy (non-hydrogen) atoms. The Morgan fingerprint density at radius 2 is 1.72 bits per heavy atom. The lowest BCUT2D eigenvalue weighted by molar-refractivity contribution is 0.0702. The summed E-state index contributed by atoms with van der Waals surface area (Å²) in [7, 11) is 0. The van der Waals surface area contributed by atoms with Crippen LogP contribution < -0.4 is 19.9 Å². The minimum Gasteiger partial charge on any atom is -0.489 e. The Kier molecular flexibility index (Phi) is 7.31. The van der Waals surface area contributed by atoms with Crippen LogP contribution >= 0.6 is 11.6 Å². The Morgan fingerprint density at radius 1 is 0.977 bits per heavy atom. The van der Waals surface area contributed by atoms with Crippen LogP contribution in [-0.4, -0.2) is 5.97 Å². The lowest BCUT2D eigenvalue weighted by atomic mass is 9.83. The average molecular weight is 591 g/mol. The van der Waals surface area contributed by atoms with Gasteiger partial charge in [-0.15, -0.1) is 0 Å². The molecule has 1 atom stereocenters. The van der Waals surface area contributed by atoms with Gasteiger partial charge >= 0.3 is 5.97 Å². The van der Waals surface area contributed by atoms with Crippen molar-refractivity contribution >= 4 is 28.5 Å². The smallest absolute Gasteiger partial charge is 0.379 e. The van der Waals surface area contributed by atoms with Crippen LogP contribution in [0.4, 0.5) is 0 Å². The molecule has 1 aromatic heterocycles. The van der Waals surface area contributed by atoms with Gasteiger partial charge in [0.15, 0.2) is 0 Å². The average Bonchev–Trinajstić information content (AvgIpc) is 3.35. The van der Waals surface area contributed by atoms with Crippen LogP contribution in [0.1, 0.15) is 49.9 Å². The van der Waals surface area contributed by atoms with Gasteiger partial charge in [0.1, 0.15) is 41.1 Å². The molecular formula is C35H27ClN2O5. The molecule has 5 aromatic rings. The summed E-state index contributed by atoms with van der Waals surface area (Å²) in [5.41, 5.74) is 12.3. The van der Waals surface area contributed by atoms with Gasteiger partial charge in [-0.2, -0.15) is 5.26 Å². The molecule has 0 saturated carbocycles. The summed E-state index contributed by atoms with van der Waals surface area (Å²) < 4.78 is 23.4. The molecule has 2 N–H and O–H groups in total. The maximum atomic E-state index is 13.2. The van der Waals surface area contributed by atoms with Gasteiger partial charge in [0, 0.05) is 33.2 Å². The Morgan fingerprint density at radius 3 is 2.47 bits per heavy atom. The number of rotatable bonds is 6. The van der Waals surface area contributed by atoms with E-state index in [0.29, 0.717) is 39.8 Å². The van der Waals surface area contributed by atoms with E-state index < -0.39 is 11.9 Å². The summed E-state index contributed by atoms with van der Waals surface area (Å²) >= 11 is 6.24. The summed E-state index contributed by atoms with van der Waals surface area (Å²) in [6.07, 6.45) is 0. The zero-order chi connectivity index (χ0) is 30.2. The second kappa shape index (κ2) is 11.2. The molecular weight excluding hydrogens is 564 g/mol. The molecule has 1 aliphatic heterocycles. The van der Waals surface area contributed by atoms with E-state index in [1.165, 1.54) is 0 Å². The second-order valence-corrected chi connectivity index (χ2v) is 10.8. The van der Waals surface area contributed by atoms with E-state index in [0.717, 1.165) is 27.6 Å². The minimum atomic E-state index is -0.619. The van der Waals surface area contributed by atoms with E-state index in [9.17, 15) is 10.1 Å². The predicted molar refractivity (Wildman–Crippen MR) is 163 cm³/mol. The second-order valence-electron chi connectivity index (χ2n) is 10.4. The van der Waals surface area contributed by atoms with Gasteiger partial charge in [-0.25, -0.2) is 4.79 Å². The molecule has 0 amide bonds. The fraction of sp³-hybridized carbons (Fsp3) is 0.143. The molecule has 4 aromatic carbocycles. The monoisotopic (exact) mass is 590 g/mol. The molecule has 8 heteroatoms. The quantitative estimate of drug-likeness (QED) is 0.157. The fourth-order valence-electron chi connectivity index (χ4n) is 5.24. The van der Waals surface area contributed by atoms with Crippen molar-refractivity contribution in [1.29, 1.82) is 5.26 Å². The molecule has 0 radical (unpaired) electrons. The van der Waals surface area contributed by atoms with Crippen molar-refractivity contribution < 1.29 is 23.4 Å². The molecule has 2 heterocycles. The first-order valence-electron chi connectivity index (χ1n) is 13.6. The molecule has 0 aliphatic carbocycles. The van der Waals surface area contributed by atoms with E-state index in [4.69, 9.17) is 36.0 Å². The van der Waals surface area contributed by atoms with Crippen LogP contribution in [0.25, 0.3) is 11.0 Å². The number of nitriles is 1. The van der Waals surface area contributed by atoms with E-state index in [1.54, 1.807) is 18.2 Å². The van der Waals surface area contributed by atoms with Crippen LogP contribution in [0.2, 0.25) is 5.02 Å². The van der Waals surface area contributed by atoms with Crippen molar-refractivity contribution in [2.24, 2.45) is 5.73 Å². The molecule has 7 nitrogen and oxygen atoms in total. The molecule has 214 valence electrons. The summed E-state index contributed by atoms with van der Waals surface area (Å²) in [6, 6.07) is 26.1. The van der Waals surface area contributed by atoms with E-state index in [1.807, 2.05) is 81.4 Å². The van der Waals surface area contributed by atoms with E-state index in [-0.39, 0.29) is 23.0 Å². The highest BCUT2D eigenvalue weighted by atomic mass is 35.5. The Labute approximate surface area is 253 Å². The molecule has 1 unspecified atom stereocenters. The van der Waals surface area contributed by atoms with Gasteiger partial charge in [-0.3, -0.25) is 0 Å². The van der Waals surface area contributed by atoms with Crippen LogP contribution in [-0.2, 0) is 6.61 Å². The summed E-state index contributed by atoms with van der Waals surface area (Å²) in [5, 5.41) is 11.5. The number of carbonyl (C=O) groups is 1. The van der Waals surface area contributed by atoms with E-state index in [2.05, 4.69) is 6.07 Å². The van der Waals surface area contributed by atoms with Crippen molar-refractivity contribution in [3.8, 4) is 23.3 Å². The standard InChI is InChI=1S/C35H27ClN2O5/c1-19-8-14-26-21(3)33(43-32(26)20(19)2)35(39)41-25-13-15-27-30(16-25)42-34(38)28(17-37)31(27)22-9-11-24(12-10-22)40-18-23-6-4-5-7-29(23)36/h4-16,31H,18,38H2,1-3H3. The Balaban J connectivity index is 1.25. The summed E-state index contributed by atoms with van der Waals surface area (Å²) in [4.78, 5) is 13.2. The van der Waals surface area contributed by atoms with Crippen molar-refractivity contribution in [3.63, 3.8) is 0 Å². The van der Waals surface area contributed by atoms with Crippen molar-refractivity contribution in [1.82, 2.24) is 0 Å². The van der Waals surface area contributed by atoms with Crippen molar-refractivity contribution in [3.05, 3.63) is 134 Å². The number of aryl methyl sites for hydroxylation is 3. The van der Waals surface area contributed by atoms with Gasteiger partial charge in [-0.1, -0.05) is 60.1 Å². The Hall–Kier alpha value is -5.19. The highest BCUT2D eigenvalue weighted by molar-refractivity contribution is 6.31. The van der Waals surface area contributed by atoms with Crippen molar-refractivity contribution in [2.75, 3.05) is 0 Å².